The normalized spacial score (nSPS) is 11.4. The maximum absolute atomic E-state index is 13.2. The molecule has 0 aliphatic carbocycles. The van der Waals surface area contributed by atoms with Gasteiger partial charge in [0.15, 0.2) is 0 Å². The Labute approximate surface area is 97.7 Å². The van der Waals surface area contributed by atoms with Gasteiger partial charge in [0.1, 0.15) is 5.75 Å². The molecule has 0 unspecified atom stereocenters. The second kappa shape index (κ2) is 5.09. The number of alkyl halides is 2. The molecular weight excluding hydrogens is 230 g/mol. The number of benzene rings is 1. The fourth-order valence-corrected chi connectivity index (χ4v) is 1.32. The summed E-state index contributed by atoms with van der Waals surface area (Å²) in [5.74, 6) is 2.94. The summed E-state index contributed by atoms with van der Waals surface area (Å²) in [5.41, 5.74) is 1.95. The average molecular weight is 244 g/mol. The van der Waals surface area contributed by atoms with Crippen molar-refractivity contribution in [1.29, 1.82) is 0 Å². The number of hydrazine groups is 1. The van der Waals surface area contributed by atoms with E-state index in [-0.39, 0.29) is 11.7 Å². The molecule has 0 radical (unpaired) electrons. The first kappa shape index (κ1) is 13.4. The van der Waals surface area contributed by atoms with E-state index in [1.807, 2.05) is 13.8 Å². The third-order valence-electron chi connectivity index (χ3n) is 2.17. The summed E-state index contributed by atoms with van der Waals surface area (Å²) >= 11 is 0. The molecule has 0 bridgehead atoms. The number of rotatable bonds is 4. The second-order valence-corrected chi connectivity index (χ2v) is 3.78. The minimum Gasteiger partial charge on any atom is -0.425 e. The summed E-state index contributed by atoms with van der Waals surface area (Å²) in [6, 6.07) is 6.31. The highest BCUT2D eigenvalue weighted by atomic mass is 19.3. The van der Waals surface area contributed by atoms with Gasteiger partial charge in [-0.1, -0.05) is 32.0 Å². The Morgan fingerprint density at radius 1 is 1.41 bits per heavy atom. The van der Waals surface area contributed by atoms with E-state index in [0.717, 1.165) is 0 Å². The smallest absolute Gasteiger partial charge is 0.425 e. The molecule has 6 heteroatoms. The molecule has 1 aromatic rings. The standard InChI is InChI=1S/C11H14F2N2O2/c1-7(2)8-5-3-4-6-9(8)17-11(12,13)10(16)15-14/h3-7H,14H2,1-2H3,(H,15,16). The minimum atomic E-state index is -3.99. The first-order chi connectivity index (χ1) is 7.88. The molecule has 0 aliphatic heterocycles. The number of ether oxygens (including phenoxy) is 1. The van der Waals surface area contributed by atoms with Crippen LogP contribution < -0.4 is 16.0 Å². The van der Waals surface area contributed by atoms with Crippen LogP contribution in [0.3, 0.4) is 0 Å². The number of carbonyl (C=O) groups excluding carboxylic acids is 1. The molecule has 17 heavy (non-hydrogen) atoms. The molecule has 1 rings (SSSR count). The molecule has 0 saturated heterocycles. The van der Waals surface area contributed by atoms with Gasteiger partial charge in [-0.2, -0.15) is 8.78 Å². The van der Waals surface area contributed by atoms with Gasteiger partial charge in [0.2, 0.25) is 0 Å². The highest BCUT2D eigenvalue weighted by Gasteiger charge is 2.42. The molecule has 0 aromatic heterocycles. The lowest BCUT2D eigenvalue weighted by atomic mass is 10.0. The zero-order valence-corrected chi connectivity index (χ0v) is 9.54. The molecule has 0 atom stereocenters. The van der Waals surface area contributed by atoms with Crippen LogP contribution in [0.2, 0.25) is 0 Å². The van der Waals surface area contributed by atoms with Crippen molar-refractivity contribution in [3.8, 4) is 5.75 Å². The zero-order chi connectivity index (χ0) is 13.1. The number of nitrogens with one attached hydrogen (secondary N) is 1. The minimum absolute atomic E-state index is 0.00272. The molecule has 1 aromatic carbocycles. The lowest BCUT2D eigenvalue weighted by molar-refractivity contribution is -0.193. The summed E-state index contributed by atoms with van der Waals surface area (Å²) in [6.07, 6.45) is -3.99. The lowest BCUT2D eigenvalue weighted by Crippen LogP contribution is -2.47. The van der Waals surface area contributed by atoms with Gasteiger partial charge in [0, 0.05) is 0 Å². The van der Waals surface area contributed by atoms with Gasteiger partial charge >= 0.3 is 12.0 Å². The topological polar surface area (TPSA) is 64.3 Å². The first-order valence-electron chi connectivity index (χ1n) is 5.05. The van der Waals surface area contributed by atoms with Gasteiger partial charge in [-0.3, -0.25) is 10.2 Å². The van der Waals surface area contributed by atoms with Crippen LogP contribution in [-0.4, -0.2) is 12.0 Å². The molecule has 0 aliphatic rings. The van der Waals surface area contributed by atoms with Crippen molar-refractivity contribution in [1.82, 2.24) is 5.43 Å². The van der Waals surface area contributed by atoms with Crippen molar-refractivity contribution in [3.05, 3.63) is 29.8 Å². The van der Waals surface area contributed by atoms with Crippen LogP contribution in [0.1, 0.15) is 25.3 Å². The molecule has 94 valence electrons. The summed E-state index contributed by atoms with van der Waals surface area (Å²) in [6.45, 7) is 3.67. The van der Waals surface area contributed by atoms with Gasteiger partial charge in [-0.15, -0.1) is 0 Å². The van der Waals surface area contributed by atoms with Gasteiger partial charge < -0.3 is 4.74 Å². The molecule has 4 nitrogen and oxygen atoms in total. The third-order valence-corrected chi connectivity index (χ3v) is 2.17. The molecule has 0 spiro atoms. The van der Waals surface area contributed by atoms with Crippen LogP contribution in [0, 0.1) is 0 Å². The van der Waals surface area contributed by atoms with E-state index in [1.54, 1.807) is 18.2 Å². The van der Waals surface area contributed by atoms with Gasteiger partial charge in [0.05, 0.1) is 0 Å². The van der Waals surface area contributed by atoms with Crippen LogP contribution in [0.25, 0.3) is 0 Å². The number of hydrogen-bond donors (Lipinski definition) is 2. The van der Waals surface area contributed by atoms with Crippen LogP contribution in [-0.2, 0) is 4.79 Å². The quantitative estimate of drug-likeness (QED) is 0.482. The van der Waals surface area contributed by atoms with Crippen molar-refractivity contribution < 1.29 is 18.3 Å². The fraction of sp³-hybridized carbons (Fsp3) is 0.364. The zero-order valence-electron chi connectivity index (χ0n) is 9.54. The van der Waals surface area contributed by atoms with E-state index in [4.69, 9.17) is 0 Å². The monoisotopic (exact) mass is 244 g/mol. The molecule has 0 saturated carbocycles. The molecule has 0 heterocycles. The maximum atomic E-state index is 13.2. The van der Waals surface area contributed by atoms with Crippen molar-refractivity contribution in [3.63, 3.8) is 0 Å². The summed E-state index contributed by atoms with van der Waals surface area (Å²) in [7, 11) is 0. The Kier molecular flexibility index (Phi) is 4.01. The number of hydrogen-bond acceptors (Lipinski definition) is 3. The maximum Gasteiger partial charge on any atom is 0.483 e. The molecule has 1 amide bonds. The van der Waals surface area contributed by atoms with E-state index >= 15 is 0 Å². The number of amides is 1. The van der Waals surface area contributed by atoms with Crippen LogP contribution >= 0.6 is 0 Å². The van der Waals surface area contributed by atoms with Crippen molar-refractivity contribution in [2.75, 3.05) is 0 Å². The summed E-state index contributed by atoms with van der Waals surface area (Å²) in [5, 5.41) is 0. The molecule has 0 fully saturated rings. The van der Waals surface area contributed by atoms with E-state index in [1.165, 1.54) is 11.5 Å². The Hall–Kier alpha value is -1.69. The predicted molar refractivity (Wildman–Crippen MR) is 58.4 cm³/mol. The van der Waals surface area contributed by atoms with Crippen LogP contribution in [0.4, 0.5) is 8.78 Å². The van der Waals surface area contributed by atoms with E-state index < -0.39 is 12.0 Å². The van der Waals surface area contributed by atoms with Crippen molar-refractivity contribution in [2.45, 2.75) is 25.9 Å². The largest absolute Gasteiger partial charge is 0.483 e. The predicted octanol–water partition coefficient (Wildman–Crippen LogP) is 1.77. The first-order valence-corrected chi connectivity index (χ1v) is 5.05. The number of halogens is 2. The summed E-state index contributed by atoms with van der Waals surface area (Å²) in [4.78, 5) is 10.8. The van der Waals surface area contributed by atoms with Crippen molar-refractivity contribution in [2.24, 2.45) is 5.84 Å². The van der Waals surface area contributed by atoms with E-state index in [2.05, 4.69) is 10.6 Å². The van der Waals surface area contributed by atoms with Gasteiger partial charge in [-0.05, 0) is 17.5 Å². The highest BCUT2D eigenvalue weighted by molar-refractivity contribution is 5.81. The van der Waals surface area contributed by atoms with Crippen LogP contribution in [0.5, 0.6) is 5.75 Å². The number of carbonyl (C=O) groups is 1. The van der Waals surface area contributed by atoms with Gasteiger partial charge in [-0.25, -0.2) is 5.84 Å². The second-order valence-electron chi connectivity index (χ2n) is 3.78. The fourth-order valence-electron chi connectivity index (χ4n) is 1.32. The SMILES string of the molecule is CC(C)c1ccccc1OC(F)(F)C(=O)NN. The lowest BCUT2D eigenvalue weighted by Gasteiger charge is -2.19. The van der Waals surface area contributed by atoms with E-state index in [9.17, 15) is 13.6 Å². The Morgan fingerprint density at radius 3 is 2.53 bits per heavy atom. The Morgan fingerprint density at radius 2 is 2.00 bits per heavy atom. The highest BCUT2D eigenvalue weighted by Crippen LogP contribution is 2.30. The van der Waals surface area contributed by atoms with Crippen molar-refractivity contribution >= 4 is 5.91 Å². The Bertz CT molecular complexity index is 408. The molecule has 3 N–H and O–H groups in total. The average Bonchev–Trinajstić information content (AvgIpc) is 2.27. The molecular formula is C11H14F2N2O2. The van der Waals surface area contributed by atoms with E-state index in [0.29, 0.717) is 5.56 Å². The summed E-state index contributed by atoms with van der Waals surface area (Å²) < 4.78 is 30.9. The Balaban J connectivity index is 2.99. The number of nitrogens with two attached hydrogens (primary N) is 1. The van der Waals surface area contributed by atoms with Crippen LogP contribution in [0.15, 0.2) is 24.3 Å². The van der Waals surface area contributed by atoms with Gasteiger partial charge in [0.25, 0.3) is 0 Å². The number of para-hydroxylation sites is 1. The third kappa shape index (κ3) is 3.13.